The molecule has 7 heteroatoms. The molecule has 2 aromatic heterocycles. The lowest BCUT2D eigenvalue weighted by molar-refractivity contribution is 0.0257. The molecule has 1 atom stereocenters. The fourth-order valence-electron chi connectivity index (χ4n) is 3.36. The molecular formula is C19H19F2N3OS. The first kappa shape index (κ1) is 17.1. The van der Waals surface area contributed by atoms with Gasteiger partial charge in [-0.05, 0) is 36.4 Å². The topological polar surface area (TPSA) is 49.0 Å². The van der Waals surface area contributed by atoms with Crippen molar-refractivity contribution in [1.29, 1.82) is 0 Å². The van der Waals surface area contributed by atoms with E-state index in [1.165, 1.54) is 0 Å². The number of hydrogen-bond donors (Lipinski definition) is 1. The highest BCUT2D eigenvalue weighted by Crippen LogP contribution is 2.38. The molecule has 3 heterocycles. The summed E-state index contributed by atoms with van der Waals surface area (Å²) in [7, 11) is -1.11. The molecule has 0 saturated carbocycles. The van der Waals surface area contributed by atoms with E-state index in [2.05, 4.69) is 9.97 Å². The maximum absolute atomic E-state index is 13.7. The lowest BCUT2D eigenvalue weighted by Crippen LogP contribution is -2.25. The molecule has 1 aliphatic rings. The van der Waals surface area contributed by atoms with Gasteiger partial charge in [0.15, 0.2) is 0 Å². The number of aromatic amines is 1. The summed E-state index contributed by atoms with van der Waals surface area (Å²) < 4.78 is 39.7. The summed E-state index contributed by atoms with van der Waals surface area (Å²) >= 11 is 0. The summed E-state index contributed by atoms with van der Waals surface area (Å²) in [6.07, 6.45) is 1.56. The molecular weight excluding hydrogens is 356 g/mol. The first-order valence-corrected chi connectivity index (χ1v) is 9.88. The zero-order chi connectivity index (χ0) is 18.3. The molecule has 0 aliphatic carbocycles. The van der Waals surface area contributed by atoms with Gasteiger partial charge in [0.05, 0.1) is 34.1 Å². The van der Waals surface area contributed by atoms with E-state index in [0.29, 0.717) is 17.2 Å². The van der Waals surface area contributed by atoms with Gasteiger partial charge in [-0.15, -0.1) is 0 Å². The smallest absolute Gasteiger partial charge is 0.266 e. The van der Waals surface area contributed by atoms with Gasteiger partial charge < -0.3 is 9.88 Å². The number of pyridine rings is 1. The maximum Gasteiger partial charge on any atom is 0.266 e. The highest BCUT2D eigenvalue weighted by molar-refractivity contribution is 7.85. The van der Waals surface area contributed by atoms with E-state index < -0.39 is 16.7 Å². The zero-order valence-corrected chi connectivity index (χ0v) is 15.2. The Bertz CT molecular complexity index is 953. The van der Waals surface area contributed by atoms with Crippen molar-refractivity contribution in [3.05, 3.63) is 42.6 Å². The second-order valence-corrected chi connectivity index (χ2v) is 8.20. The maximum atomic E-state index is 13.7. The van der Waals surface area contributed by atoms with Gasteiger partial charge in [-0.3, -0.25) is 9.19 Å². The standard InChI is InChI=1S/C19H19F2N3OS/c1-2-26(25)13-5-6-18(24-9-7-19(20,21)12-24)14(10-13)16-11-17-15(23-16)4-3-8-22-17/h3-6,8,10-11,23H,2,7,9,12H2,1H3/t26-/m0/s1. The summed E-state index contributed by atoms with van der Waals surface area (Å²) in [5, 5.41) is 0. The van der Waals surface area contributed by atoms with Gasteiger partial charge in [0, 0.05) is 41.1 Å². The van der Waals surface area contributed by atoms with Crippen molar-refractivity contribution in [2.45, 2.75) is 24.2 Å². The van der Waals surface area contributed by atoms with Gasteiger partial charge in [0.25, 0.3) is 5.92 Å². The molecule has 1 fully saturated rings. The third-order valence-corrected chi connectivity index (χ3v) is 5.99. The van der Waals surface area contributed by atoms with Crippen molar-refractivity contribution in [3.63, 3.8) is 0 Å². The molecule has 1 aromatic carbocycles. The number of aromatic nitrogens is 2. The Kier molecular flexibility index (Phi) is 4.26. The van der Waals surface area contributed by atoms with E-state index in [9.17, 15) is 13.0 Å². The van der Waals surface area contributed by atoms with Crippen LogP contribution in [0.4, 0.5) is 14.5 Å². The molecule has 4 rings (SSSR count). The largest absolute Gasteiger partial charge is 0.365 e. The van der Waals surface area contributed by atoms with Gasteiger partial charge in [-0.2, -0.15) is 0 Å². The fraction of sp³-hybridized carbons (Fsp3) is 0.316. The molecule has 3 aromatic rings. The van der Waals surface area contributed by atoms with Crippen LogP contribution in [0.25, 0.3) is 22.3 Å². The average molecular weight is 375 g/mol. The minimum atomic E-state index is -2.68. The highest BCUT2D eigenvalue weighted by Gasteiger charge is 2.39. The van der Waals surface area contributed by atoms with Crippen LogP contribution in [0.15, 0.2) is 47.5 Å². The molecule has 0 spiro atoms. The number of halogens is 2. The number of rotatable bonds is 4. The van der Waals surface area contributed by atoms with E-state index >= 15 is 0 Å². The van der Waals surface area contributed by atoms with Gasteiger partial charge in [0.2, 0.25) is 0 Å². The van der Waals surface area contributed by atoms with E-state index in [4.69, 9.17) is 0 Å². The van der Waals surface area contributed by atoms with Gasteiger partial charge in [-0.1, -0.05) is 6.92 Å². The van der Waals surface area contributed by atoms with Crippen molar-refractivity contribution in [3.8, 4) is 11.3 Å². The third-order valence-electron chi connectivity index (χ3n) is 4.68. The van der Waals surface area contributed by atoms with Crippen molar-refractivity contribution >= 4 is 27.5 Å². The number of alkyl halides is 2. The molecule has 1 aliphatic heterocycles. The Morgan fingerprint density at radius 3 is 2.85 bits per heavy atom. The molecule has 0 radical (unpaired) electrons. The molecule has 136 valence electrons. The first-order valence-electron chi connectivity index (χ1n) is 8.56. The Labute approximate surface area is 152 Å². The van der Waals surface area contributed by atoms with E-state index in [0.717, 1.165) is 28.0 Å². The monoisotopic (exact) mass is 375 g/mol. The lowest BCUT2D eigenvalue weighted by atomic mass is 10.1. The van der Waals surface area contributed by atoms with E-state index in [1.54, 1.807) is 23.2 Å². The Hall–Kier alpha value is -2.28. The van der Waals surface area contributed by atoms with Crippen molar-refractivity contribution < 1.29 is 13.0 Å². The van der Waals surface area contributed by atoms with Crippen LogP contribution in [0.3, 0.4) is 0 Å². The Morgan fingerprint density at radius 2 is 2.15 bits per heavy atom. The predicted molar refractivity (Wildman–Crippen MR) is 100 cm³/mol. The summed E-state index contributed by atoms with van der Waals surface area (Å²) in [4.78, 5) is 10.0. The number of nitrogens with zero attached hydrogens (tertiary/aromatic N) is 2. The Morgan fingerprint density at radius 1 is 1.31 bits per heavy atom. The van der Waals surface area contributed by atoms with Crippen molar-refractivity contribution in [2.75, 3.05) is 23.7 Å². The second kappa shape index (κ2) is 6.46. The average Bonchev–Trinajstić information content (AvgIpc) is 3.23. The summed E-state index contributed by atoms with van der Waals surface area (Å²) in [6.45, 7) is 1.86. The SMILES string of the molecule is CC[S@](=O)c1ccc(N2CCC(F)(F)C2)c(-c2cc3ncccc3[nH]2)c1. The van der Waals surface area contributed by atoms with Crippen LogP contribution in [0.1, 0.15) is 13.3 Å². The molecule has 0 amide bonds. The minimum Gasteiger partial charge on any atom is -0.365 e. The van der Waals surface area contributed by atoms with E-state index in [-0.39, 0.29) is 13.0 Å². The van der Waals surface area contributed by atoms with Crippen molar-refractivity contribution in [2.24, 2.45) is 0 Å². The highest BCUT2D eigenvalue weighted by atomic mass is 32.2. The van der Waals surface area contributed by atoms with Crippen LogP contribution in [0, 0.1) is 0 Å². The van der Waals surface area contributed by atoms with Crippen LogP contribution in [0.5, 0.6) is 0 Å². The van der Waals surface area contributed by atoms with Gasteiger partial charge in [0.1, 0.15) is 0 Å². The first-order chi connectivity index (χ1) is 12.5. The number of nitrogens with one attached hydrogen (secondary N) is 1. The molecule has 0 bridgehead atoms. The molecule has 26 heavy (non-hydrogen) atoms. The Balaban J connectivity index is 1.85. The number of benzene rings is 1. The summed E-state index contributed by atoms with van der Waals surface area (Å²) in [5.74, 6) is -2.17. The fourth-order valence-corrected chi connectivity index (χ4v) is 4.16. The predicted octanol–water partition coefficient (Wildman–Crippen LogP) is 4.20. The van der Waals surface area contributed by atoms with Gasteiger partial charge >= 0.3 is 0 Å². The normalized spacial score (nSPS) is 17.7. The zero-order valence-electron chi connectivity index (χ0n) is 14.3. The van der Waals surface area contributed by atoms with E-state index in [1.807, 2.05) is 31.2 Å². The number of anilines is 1. The van der Waals surface area contributed by atoms with Crippen LogP contribution in [-0.4, -0.2) is 38.9 Å². The number of hydrogen-bond acceptors (Lipinski definition) is 3. The molecule has 1 N–H and O–H groups in total. The molecule has 4 nitrogen and oxygen atoms in total. The van der Waals surface area contributed by atoms with Crippen LogP contribution in [-0.2, 0) is 10.8 Å². The number of fused-ring (bicyclic) bond motifs is 1. The summed E-state index contributed by atoms with van der Waals surface area (Å²) in [5.41, 5.74) is 3.98. The molecule has 1 saturated heterocycles. The van der Waals surface area contributed by atoms with Crippen molar-refractivity contribution in [1.82, 2.24) is 9.97 Å². The van der Waals surface area contributed by atoms with Crippen LogP contribution in [0.2, 0.25) is 0 Å². The van der Waals surface area contributed by atoms with Crippen LogP contribution >= 0.6 is 0 Å². The van der Waals surface area contributed by atoms with Gasteiger partial charge in [-0.25, -0.2) is 8.78 Å². The molecule has 0 unspecified atom stereocenters. The summed E-state index contributed by atoms with van der Waals surface area (Å²) in [6, 6.07) is 11.1. The minimum absolute atomic E-state index is 0.149. The quantitative estimate of drug-likeness (QED) is 0.743. The third kappa shape index (κ3) is 3.11. The number of H-pyrrole nitrogens is 1. The second-order valence-electron chi connectivity index (χ2n) is 6.46. The lowest BCUT2D eigenvalue weighted by Gasteiger charge is -2.22. The van der Waals surface area contributed by atoms with Crippen LogP contribution < -0.4 is 4.90 Å².